The van der Waals surface area contributed by atoms with Crippen LogP contribution in [0.15, 0.2) is 58.4 Å². The molecule has 30 heavy (non-hydrogen) atoms. The van der Waals surface area contributed by atoms with E-state index in [1.807, 2.05) is 6.07 Å². The Bertz CT molecular complexity index is 1490. The third kappa shape index (κ3) is 3.17. The number of rotatable bonds is 4. The van der Waals surface area contributed by atoms with Crippen LogP contribution in [-0.4, -0.2) is 14.1 Å². The third-order valence-electron chi connectivity index (χ3n) is 4.53. The Morgan fingerprint density at radius 1 is 1.13 bits per heavy atom. The van der Waals surface area contributed by atoms with Crippen molar-refractivity contribution in [1.29, 1.82) is 10.5 Å². The van der Waals surface area contributed by atoms with E-state index in [1.54, 1.807) is 30.3 Å². The average Bonchev–Trinajstić information content (AvgIpc) is 3.19. The first-order valence-electron chi connectivity index (χ1n) is 8.82. The van der Waals surface area contributed by atoms with E-state index in [2.05, 4.69) is 11.1 Å². The molecule has 7 nitrogen and oxygen atoms in total. The molecule has 0 amide bonds. The van der Waals surface area contributed by atoms with E-state index in [4.69, 9.17) is 5.26 Å². The fraction of sp³-hybridized carbons (Fsp3) is 0.0952. The number of nitriles is 2. The normalized spacial score (nSPS) is 10.6. The maximum atomic E-state index is 13.7. The van der Waals surface area contributed by atoms with Crippen molar-refractivity contribution in [3.8, 4) is 28.3 Å². The van der Waals surface area contributed by atoms with Gasteiger partial charge in [0.1, 0.15) is 10.5 Å². The molecule has 0 unspecified atom stereocenters. The van der Waals surface area contributed by atoms with Gasteiger partial charge in [0.15, 0.2) is 0 Å². The number of thiophene rings is 1. The molecule has 0 aliphatic carbocycles. The molecule has 1 aromatic carbocycles. The van der Waals surface area contributed by atoms with Crippen molar-refractivity contribution < 1.29 is 4.39 Å². The van der Waals surface area contributed by atoms with Gasteiger partial charge in [-0.3, -0.25) is 14.3 Å². The molecule has 0 aliphatic rings. The summed E-state index contributed by atoms with van der Waals surface area (Å²) in [5.41, 5.74) is 0.149. The van der Waals surface area contributed by atoms with Crippen molar-refractivity contribution in [3.63, 3.8) is 0 Å². The number of fused-ring (bicyclic) bond motifs is 1. The predicted octanol–water partition coefficient (Wildman–Crippen LogP) is 3.20. The lowest BCUT2D eigenvalue weighted by atomic mass is 10.1. The van der Waals surface area contributed by atoms with E-state index in [1.165, 1.54) is 10.8 Å². The van der Waals surface area contributed by atoms with Crippen LogP contribution >= 0.6 is 11.3 Å². The molecule has 0 spiro atoms. The number of hydrogen-bond acceptors (Lipinski definition) is 6. The Morgan fingerprint density at radius 2 is 1.93 bits per heavy atom. The van der Waals surface area contributed by atoms with E-state index in [9.17, 15) is 19.2 Å². The van der Waals surface area contributed by atoms with Crippen LogP contribution in [0.1, 0.15) is 12.0 Å². The second kappa shape index (κ2) is 7.74. The highest BCUT2D eigenvalue weighted by Gasteiger charge is 2.19. The molecule has 0 atom stereocenters. The van der Waals surface area contributed by atoms with Crippen LogP contribution in [0.2, 0.25) is 0 Å². The molecular weight excluding hydrogens is 405 g/mol. The van der Waals surface area contributed by atoms with Crippen molar-refractivity contribution in [3.05, 3.63) is 81.0 Å². The molecule has 0 radical (unpaired) electrons. The van der Waals surface area contributed by atoms with Crippen LogP contribution in [-0.2, 0) is 6.54 Å². The standard InChI is InChI=1S/C21H12FN5O2S/c22-14-8-15(12-25-11-14)27-20(28)19-17(26(21(27)29)7-3-6-23)9-18(30-19)16-5-2-1-4-13(16)10-24/h1-2,4-5,8-9,11-12H,3,7H2. The zero-order chi connectivity index (χ0) is 21.3. The predicted molar refractivity (Wildman–Crippen MR) is 110 cm³/mol. The minimum absolute atomic E-state index is 0.00461. The Hall–Kier alpha value is -4.08. The van der Waals surface area contributed by atoms with Crippen molar-refractivity contribution in [1.82, 2.24) is 14.1 Å². The van der Waals surface area contributed by atoms with Gasteiger partial charge in [-0.1, -0.05) is 18.2 Å². The lowest BCUT2D eigenvalue weighted by molar-refractivity contribution is 0.616. The number of nitrogens with zero attached hydrogens (tertiary/aromatic N) is 5. The second-order valence-electron chi connectivity index (χ2n) is 6.33. The number of aromatic nitrogens is 3. The van der Waals surface area contributed by atoms with Crippen molar-refractivity contribution in [2.24, 2.45) is 0 Å². The first-order chi connectivity index (χ1) is 14.5. The summed E-state index contributed by atoms with van der Waals surface area (Å²) in [6.45, 7) is 0.0604. The Balaban J connectivity index is 2.07. The average molecular weight is 417 g/mol. The van der Waals surface area contributed by atoms with Crippen LogP contribution in [0.3, 0.4) is 0 Å². The molecule has 0 aliphatic heterocycles. The summed E-state index contributed by atoms with van der Waals surface area (Å²) in [4.78, 5) is 30.6. The zero-order valence-electron chi connectivity index (χ0n) is 15.4. The minimum atomic E-state index is -0.687. The number of halogens is 1. The highest BCUT2D eigenvalue weighted by molar-refractivity contribution is 7.22. The number of pyridine rings is 1. The molecule has 4 rings (SSSR count). The summed E-state index contributed by atoms with van der Waals surface area (Å²) >= 11 is 1.13. The summed E-state index contributed by atoms with van der Waals surface area (Å²) < 4.78 is 16.1. The highest BCUT2D eigenvalue weighted by atomic mass is 32.1. The van der Waals surface area contributed by atoms with Gasteiger partial charge in [0.2, 0.25) is 0 Å². The van der Waals surface area contributed by atoms with Crippen LogP contribution in [0.5, 0.6) is 0 Å². The molecule has 0 fully saturated rings. The SMILES string of the molecule is N#CCCn1c(=O)n(-c2cncc(F)c2)c(=O)c2sc(-c3ccccc3C#N)cc21. The van der Waals surface area contributed by atoms with Crippen molar-refractivity contribution >= 4 is 21.6 Å². The molecule has 0 saturated heterocycles. The van der Waals surface area contributed by atoms with E-state index in [0.717, 1.165) is 28.2 Å². The summed E-state index contributed by atoms with van der Waals surface area (Å²) in [7, 11) is 0. The maximum absolute atomic E-state index is 13.7. The fourth-order valence-corrected chi connectivity index (χ4v) is 4.33. The highest BCUT2D eigenvalue weighted by Crippen LogP contribution is 2.33. The Labute approximate surface area is 173 Å². The first-order valence-corrected chi connectivity index (χ1v) is 9.63. The van der Waals surface area contributed by atoms with Crippen LogP contribution in [0.25, 0.3) is 26.3 Å². The van der Waals surface area contributed by atoms with E-state index < -0.39 is 17.1 Å². The molecule has 0 N–H and O–H groups in total. The summed E-state index contributed by atoms with van der Waals surface area (Å²) in [6, 6.07) is 13.8. The van der Waals surface area contributed by atoms with Gasteiger partial charge in [-0.25, -0.2) is 13.8 Å². The van der Waals surface area contributed by atoms with E-state index >= 15 is 0 Å². The van der Waals surface area contributed by atoms with Gasteiger partial charge in [0, 0.05) is 23.1 Å². The quantitative estimate of drug-likeness (QED) is 0.507. The lowest BCUT2D eigenvalue weighted by Gasteiger charge is -2.10. The number of benzene rings is 1. The number of hydrogen-bond donors (Lipinski definition) is 0. The number of aryl methyl sites for hydroxylation is 1. The largest absolute Gasteiger partial charge is 0.336 e. The Morgan fingerprint density at radius 3 is 2.67 bits per heavy atom. The van der Waals surface area contributed by atoms with Crippen LogP contribution in [0.4, 0.5) is 4.39 Å². The summed E-state index contributed by atoms with van der Waals surface area (Å²) in [6.07, 6.45) is 2.25. The summed E-state index contributed by atoms with van der Waals surface area (Å²) in [5.74, 6) is -0.683. The van der Waals surface area contributed by atoms with Crippen LogP contribution < -0.4 is 11.2 Å². The molecule has 4 aromatic rings. The maximum Gasteiger partial charge on any atom is 0.336 e. The third-order valence-corrected chi connectivity index (χ3v) is 5.68. The molecule has 0 bridgehead atoms. The molecule has 3 heterocycles. The van der Waals surface area contributed by atoms with Gasteiger partial charge in [0.25, 0.3) is 5.56 Å². The monoisotopic (exact) mass is 417 g/mol. The van der Waals surface area contributed by atoms with Crippen molar-refractivity contribution in [2.45, 2.75) is 13.0 Å². The molecule has 0 saturated carbocycles. The second-order valence-corrected chi connectivity index (χ2v) is 7.38. The smallest absolute Gasteiger partial charge is 0.291 e. The van der Waals surface area contributed by atoms with Gasteiger partial charge in [0.05, 0.1) is 47.7 Å². The fourth-order valence-electron chi connectivity index (χ4n) is 3.20. The van der Waals surface area contributed by atoms with Crippen LogP contribution in [0, 0.1) is 28.5 Å². The van der Waals surface area contributed by atoms with Gasteiger partial charge in [-0.2, -0.15) is 10.5 Å². The zero-order valence-corrected chi connectivity index (χ0v) is 16.2. The van der Waals surface area contributed by atoms with Gasteiger partial charge < -0.3 is 0 Å². The molecule has 146 valence electrons. The topological polar surface area (TPSA) is 104 Å². The van der Waals surface area contributed by atoms with E-state index in [-0.39, 0.29) is 23.4 Å². The Kier molecular flexibility index (Phi) is 4.97. The minimum Gasteiger partial charge on any atom is -0.291 e. The van der Waals surface area contributed by atoms with Gasteiger partial charge in [-0.15, -0.1) is 11.3 Å². The van der Waals surface area contributed by atoms with Gasteiger partial charge >= 0.3 is 5.69 Å². The lowest BCUT2D eigenvalue weighted by Crippen LogP contribution is -2.38. The first kappa shape index (κ1) is 19.2. The van der Waals surface area contributed by atoms with Crippen molar-refractivity contribution in [2.75, 3.05) is 0 Å². The molecular formula is C21H12FN5O2S. The van der Waals surface area contributed by atoms with E-state index in [0.29, 0.717) is 21.5 Å². The molecule has 3 aromatic heterocycles. The van der Waals surface area contributed by atoms with Gasteiger partial charge in [-0.05, 0) is 12.1 Å². The summed E-state index contributed by atoms with van der Waals surface area (Å²) in [5, 5.41) is 18.4. The molecule has 9 heteroatoms.